The Morgan fingerprint density at radius 1 is 1.38 bits per heavy atom. The van der Waals surface area contributed by atoms with Crippen molar-refractivity contribution in [2.24, 2.45) is 0 Å². The molecule has 0 spiro atoms. The van der Waals surface area contributed by atoms with Crippen LogP contribution in [-0.4, -0.2) is 31.4 Å². The maximum Gasteiger partial charge on any atom is 0.236 e. The predicted octanol–water partition coefficient (Wildman–Crippen LogP) is 3.73. The number of pyridine rings is 1. The number of hydrogen-bond donors (Lipinski definition) is 1. The van der Waals surface area contributed by atoms with E-state index in [1.165, 1.54) is 43.6 Å². The van der Waals surface area contributed by atoms with Gasteiger partial charge >= 0.3 is 0 Å². The highest BCUT2D eigenvalue weighted by Gasteiger charge is 2.24. The number of anilines is 1. The van der Waals surface area contributed by atoms with Crippen LogP contribution in [0.2, 0.25) is 5.02 Å². The first kappa shape index (κ1) is 17.2. The summed E-state index contributed by atoms with van der Waals surface area (Å²) < 4.78 is 2.13. The standard InChI is InChI=1S/C16H20ClN5OS/c1-2-22-15(11-5-3-4-6-11)20-21-16(22)24-10-14(23)19-13-8-7-12(17)9-18-13/h7-9,11H,2-6,10H2,1H3,(H,18,19,23). The molecule has 2 aromatic rings. The highest BCUT2D eigenvalue weighted by molar-refractivity contribution is 7.99. The zero-order valence-electron chi connectivity index (χ0n) is 13.5. The maximum atomic E-state index is 12.1. The first-order valence-corrected chi connectivity index (χ1v) is 9.51. The third-order valence-corrected chi connectivity index (χ3v) is 5.30. The summed E-state index contributed by atoms with van der Waals surface area (Å²) in [4.78, 5) is 16.1. The molecule has 3 rings (SSSR count). The van der Waals surface area contributed by atoms with E-state index < -0.39 is 0 Å². The van der Waals surface area contributed by atoms with Gasteiger partial charge in [0, 0.05) is 18.7 Å². The Bertz CT molecular complexity index is 697. The van der Waals surface area contributed by atoms with Crippen molar-refractivity contribution >= 4 is 35.1 Å². The first-order valence-electron chi connectivity index (χ1n) is 8.14. The Morgan fingerprint density at radius 3 is 2.83 bits per heavy atom. The maximum absolute atomic E-state index is 12.1. The molecule has 1 amide bonds. The molecule has 0 aromatic carbocycles. The fourth-order valence-corrected chi connectivity index (χ4v) is 3.87. The van der Waals surface area contributed by atoms with Gasteiger partial charge in [-0.2, -0.15) is 0 Å². The van der Waals surface area contributed by atoms with Crippen molar-refractivity contribution in [3.8, 4) is 0 Å². The van der Waals surface area contributed by atoms with Gasteiger partial charge in [0.25, 0.3) is 0 Å². The molecule has 0 radical (unpaired) electrons. The van der Waals surface area contributed by atoms with Crippen LogP contribution in [0.4, 0.5) is 5.82 Å². The van der Waals surface area contributed by atoms with Crippen molar-refractivity contribution in [3.63, 3.8) is 0 Å². The fraction of sp³-hybridized carbons (Fsp3) is 0.500. The third-order valence-electron chi connectivity index (χ3n) is 4.11. The SMILES string of the molecule is CCn1c(SCC(=O)Nc2ccc(Cl)cn2)nnc1C1CCCC1. The molecule has 1 N–H and O–H groups in total. The van der Waals surface area contributed by atoms with E-state index in [-0.39, 0.29) is 11.7 Å². The second kappa shape index (κ2) is 7.98. The number of nitrogens with zero attached hydrogens (tertiary/aromatic N) is 4. The number of hydrogen-bond acceptors (Lipinski definition) is 5. The molecular weight excluding hydrogens is 346 g/mol. The second-order valence-electron chi connectivity index (χ2n) is 5.76. The molecule has 8 heteroatoms. The Hall–Kier alpha value is -1.60. The molecule has 1 saturated carbocycles. The monoisotopic (exact) mass is 365 g/mol. The Balaban J connectivity index is 1.59. The number of aromatic nitrogens is 4. The first-order chi connectivity index (χ1) is 11.7. The molecule has 0 unspecified atom stereocenters. The molecule has 0 saturated heterocycles. The lowest BCUT2D eigenvalue weighted by molar-refractivity contribution is -0.113. The van der Waals surface area contributed by atoms with E-state index >= 15 is 0 Å². The third kappa shape index (κ3) is 4.08. The average Bonchev–Trinajstić information content (AvgIpc) is 3.23. The Labute approximate surface area is 150 Å². The number of halogens is 1. The minimum Gasteiger partial charge on any atom is -0.310 e. The van der Waals surface area contributed by atoms with Crippen LogP contribution in [0.1, 0.15) is 44.3 Å². The van der Waals surface area contributed by atoms with Gasteiger partial charge in [-0.05, 0) is 31.9 Å². The van der Waals surface area contributed by atoms with Crippen LogP contribution in [0.15, 0.2) is 23.5 Å². The van der Waals surface area contributed by atoms with E-state index in [4.69, 9.17) is 11.6 Å². The van der Waals surface area contributed by atoms with Gasteiger partial charge in [-0.25, -0.2) is 4.98 Å². The lowest BCUT2D eigenvalue weighted by atomic mass is 10.1. The van der Waals surface area contributed by atoms with E-state index in [2.05, 4.69) is 32.0 Å². The highest BCUT2D eigenvalue weighted by atomic mass is 35.5. The van der Waals surface area contributed by atoms with Crippen LogP contribution < -0.4 is 5.32 Å². The fourth-order valence-electron chi connectivity index (χ4n) is 2.95. The van der Waals surface area contributed by atoms with Crippen molar-refractivity contribution in [2.75, 3.05) is 11.1 Å². The molecule has 24 heavy (non-hydrogen) atoms. The average molecular weight is 366 g/mol. The van der Waals surface area contributed by atoms with Gasteiger partial charge in [-0.3, -0.25) is 4.79 Å². The zero-order chi connectivity index (χ0) is 16.9. The summed E-state index contributed by atoms with van der Waals surface area (Å²) in [5.41, 5.74) is 0. The largest absolute Gasteiger partial charge is 0.310 e. The van der Waals surface area contributed by atoms with Crippen molar-refractivity contribution in [1.29, 1.82) is 0 Å². The quantitative estimate of drug-likeness (QED) is 0.789. The molecule has 0 bridgehead atoms. The molecule has 1 fully saturated rings. The van der Waals surface area contributed by atoms with Gasteiger partial charge in [0.1, 0.15) is 11.6 Å². The van der Waals surface area contributed by atoms with Gasteiger partial charge in [0.05, 0.1) is 10.8 Å². The summed E-state index contributed by atoms with van der Waals surface area (Å²) in [6.45, 7) is 2.91. The molecule has 0 atom stereocenters. The molecule has 2 aromatic heterocycles. The zero-order valence-corrected chi connectivity index (χ0v) is 15.1. The Kier molecular flexibility index (Phi) is 5.73. The van der Waals surface area contributed by atoms with Gasteiger partial charge in [0.15, 0.2) is 5.16 Å². The normalized spacial score (nSPS) is 14.9. The summed E-state index contributed by atoms with van der Waals surface area (Å²) in [7, 11) is 0. The predicted molar refractivity (Wildman–Crippen MR) is 95.5 cm³/mol. The lowest BCUT2D eigenvalue weighted by Gasteiger charge is -2.11. The lowest BCUT2D eigenvalue weighted by Crippen LogP contribution is -2.15. The van der Waals surface area contributed by atoms with Crippen LogP contribution in [0.3, 0.4) is 0 Å². The van der Waals surface area contributed by atoms with E-state index in [9.17, 15) is 4.79 Å². The Morgan fingerprint density at radius 2 is 2.17 bits per heavy atom. The molecule has 6 nitrogen and oxygen atoms in total. The summed E-state index contributed by atoms with van der Waals surface area (Å²) in [5.74, 6) is 2.22. The van der Waals surface area contributed by atoms with E-state index in [1.54, 1.807) is 12.1 Å². The van der Waals surface area contributed by atoms with Gasteiger partial charge < -0.3 is 9.88 Å². The number of amides is 1. The number of nitrogens with one attached hydrogen (secondary N) is 1. The van der Waals surface area contributed by atoms with Crippen LogP contribution in [0, 0.1) is 0 Å². The highest BCUT2D eigenvalue weighted by Crippen LogP contribution is 2.34. The molecule has 128 valence electrons. The number of carbonyl (C=O) groups excluding carboxylic acids is 1. The summed E-state index contributed by atoms with van der Waals surface area (Å²) >= 11 is 7.19. The molecule has 1 aliphatic rings. The molecule has 0 aliphatic heterocycles. The molecular formula is C16H20ClN5OS. The topological polar surface area (TPSA) is 72.7 Å². The minimum atomic E-state index is -0.122. The number of thioether (sulfide) groups is 1. The summed E-state index contributed by atoms with van der Waals surface area (Å²) in [6.07, 6.45) is 6.41. The number of carbonyl (C=O) groups is 1. The van der Waals surface area contributed by atoms with Gasteiger partial charge in [0.2, 0.25) is 5.91 Å². The van der Waals surface area contributed by atoms with Gasteiger partial charge in [-0.1, -0.05) is 36.2 Å². The number of rotatable bonds is 6. The van der Waals surface area contributed by atoms with Crippen LogP contribution >= 0.6 is 23.4 Å². The van der Waals surface area contributed by atoms with Crippen LogP contribution in [-0.2, 0) is 11.3 Å². The summed E-state index contributed by atoms with van der Waals surface area (Å²) in [5, 5.41) is 12.8. The van der Waals surface area contributed by atoms with Crippen LogP contribution in [0.5, 0.6) is 0 Å². The van der Waals surface area contributed by atoms with E-state index in [0.29, 0.717) is 16.8 Å². The minimum absolute atomic E-state index is 0.122. The van der Waals surface area contributed by atoms with E-state index in [0.717, 1.165) is 17.5 Å². The molecule has 2 heterocycles. The van der Waals surface area contributed by atoms with Crippen LogP contribution in [0.25, 0.3) is 0 Å². The smallest absolute Gasteiger partial charge is 0.236 e. The van der Waals surface area contributed by atoms with E-state index in [1.807, 2.05) is 0 Å². The van der Waals surface area contributed by atoms with Crippen molar-refractivity contribution < 1.29 is 4.79 Å². The van der Waals surface area contributed by atoms with Crippen molar-refractivity contribution in [3.05, 3.63) is 29.2 Å². The van der Waals surface area contributed by atoms with Gasteiger partial charge in [-0.15, -0.1) is 10.2 Å². The van der Waals surface area contributed by atoms with Crippen molar-refractivity contribution in [1.82, 2.24) is 19.7 Å². The van der Waals surface area contributed by atoms with Crippen molar-refractivity contribution in [2.45, 2.75) is 50.2 Å². The second-order valence-corrected chi connectivity index (χ2v) is 7.14. The molecule has 1 aliphatic carbocycles. The summed E-state index contributed by atoms with van der Waals surface area (Å²) in [6, 6.07) is 3.37.